The summed E-state index contributed by atoms with van der Waals surface area (Å²) in [6.45, 7) is 1.69. The Hall–Kier alpha value is -1.33. The van der Waals surface area contributed by atoms with Gasteiger partial charge in [0.2, 0.25) is 0 Å². The fraction of sp³-hybridized carbons (Fsp3) is 0.417. The number of aromatic nitrogens is 1. The first kappa shape index (κ1) is 12.1. The third kappa shape index (κ3) is 2.50. The molecule has 0 saturated heterocycles. The lowest BCUT2D eigenvalue weighted by Gasteiger charge is -2.21. The van der Waals surface area contributed by atoms with E-state index in [1.54, 1.807) is 18.4 Å². The molecule has 0 saturated carbocycles. The van der Waals surface area contributed by atoms with Crippen molar-refractivity contribution < 1.29 is 4.74 Å². The smallest absolute Gasteiger partial charge is 0.106 e. The molecule has 0 unspecified atom stereocenters. The van der Waals surface area contributed by atoms with Crippen molar-refractivity contribution >= 4 is 32.9 Å². The molecule has 17 heavy (non-hydrogen) atoms. The first-order chi connectivity index (χ1) is 8.24. The second kappa shape index (κ2) is 5.33. The Labute approximate surface area is 105 Å². The summed E-state index contributed by atoms with van der Waals surface area (Å²) >= 11 is 1.61. The Morgan fingerprint density at radius 1 is 1.47 bits per heavy atom. The molecule has 0 fully saturated rings. The van der Waals surface area contributed by atoms with E-state index in [0.717, 1.165) is 41.2 Å². The molecule has 2 aromatic rings. The number of fused-ring (bicyclic) bond motifs is 1. The molecule has 92 valence electrons. The van der Waals surface area contributed by atoms with Gasteiger partial charge in [-0.15, -0.1) is 11.3 Å². The van der Waals surface area contributed by atoms with Gasteiger partial charge in [0.1, 0.15) is 5.52 Å². The maximum absolute atomic E-state index is 6.14. The summed E-state index contributed by atoms with van der Waals surface area (Å²) < 4.78 is 6.18. The predicted octanol–water partition coefficient (Wildman–Crippen LogP) is 2.35. The highest BCUT2D eigenvalue weighted by molar-refractivity contribution is 7.16. The zero-order valence-electron chi connectivity index (χ0n) is 10.1. The molecule has 0 spiro atoms. The van der Waals surface area contributed by atoms with Crippen molar-refractivity contribution in [3.8, 4) is 0 Å². The van der Waals surface area contributed by atoms with Crippen LogP contribution in [0.15, 0.2) is 17.6 Å². The third-order valence-corrected chi connectivity index (χ3v) is 3.57. The van der Waals surface area contributed by atoms with E-state index in [9.17, 15) is 0 Å². The van der Waals surface area contributed by atoms with Crippen LogP contribution in [-0.4, -0.2) is 32.3 Å². The van der Waals surface area contributed by atoms with Gasteiger partial charge in [-0.3, -0.25) is 0 Å². The molecule has 0 bridgehead atoms. The average molecular weight is 251 g/mol. The summed E-state index contributed by atoms with van der Waals surface area (Å²) in [5.74, 6) is 0. The number of benzene rings is 1. The van der Waals surface area contributed by atoms with Gasteiger partial charge in [0.25, 0.3) is 0 Å². The van der Waals surface area contributed by atoms with Gasteiger partial charge in [-0.2, -0.15) is 0 Å². The summed E-state index contributed by atoms with van der Waals surface area (Å²) in [6, 6.07) is 4.13. The van der Waals surface area contributed by atoms with E-state index in [-0.39, 0.29) is 0 Å². The number of ether oxygens (including phenoxy) is 1. The molecule has 2 N–H and O–H groups in total. The van der Waals surface area contributed by atoms with E-state index < -0.39 is 0 Å². The highest BCUT2D eigenvalue weighted by atomic mass is 32.1. The van der Waals surface area contributed by atoms with Gasteiger partial charge >= 0.3 is 0 Å². The normalized spacial score (nSPS) is 10.9. The van der Waals surface area contributed by atoms with Crippen molar-refractivity contribution in [3.05, 3.63) is 17.6 Å². The number of nitrogens with two attached hydrogens (primary N) is 1. The molecule has 0 atom stereocenters. The van der Waals surface area contributed by atoms with Crippen molar-refractivity contribution in [2.75, 3.05) is 37.9 Å². The minimum Gasteiger partial charge on any atom is -0.395 e. The number of rotatable bonds is 5. The van der Waals surface area contributed by atoms with Gasteiger partial charge in [-0.25, -0.2) is 4.98 Å². The molecular formula is C12H17N3OS. The molecule has 0 radical (unpaired) electrons. The molecule has 0 amide bonds. The SMILES string of the molecule is COCCCN(C)c1ccc2scnc2c1N. The fourth-order valence-electron chi connectivity index (χ4n) is 1.84. The van der Waals surface area contributed by atoms with Gasteiger partial charge in [0.15, 0.2) is 0 Å². The largest absolute Gasteiger partial charge is 0.395 e. The van der Waals surface area contributed by atoms with Crippen LogP contribution in [0.4, 0.5) is 11.4 Å². The van der Waals surface area contributed by atoms with E-state index in [4.69, 9.17) is 10.5 Å². The quantitative estimate of drug-likeness (QED) is 0.654. The van der Waals surface area contributed by atoms with Crippen molar-refractivity contribution in [3.63, 3.8) is 0 Å². The van der Waals surface area contributed by atoms with Crippen LogP contribution < -0.4 is 10.6 Å². The van der Waals surface area contributed by atoms with Crippen LogP contribution in [0.1, 0.15) is 6.42 Å². The van der Waals surface area contributed by atoms with Crippen molar-refractivity contribution in [1.29, 1.82) is 0 Å². The van der Waals surface area contributed by atoms with Gasteiger partial charge in [0, 0.05) is 27.3 Å². The zero-order chi connectivity index (χ0) is 12.3. The minimum absolute atomic E-state index is 0.767. The van der Waals surface area contributed by atoms with Gasteiger partial charge in [-0.1, -0.05) is 0 Å². The molecule has 0 aliphatic rings. The Balaban J connectivity index is 2.19. The number of hydrogen-bond donors (Lipinski definition) is 1. The number of methoxy groups -OCH3 is 1. The second-order valence-corrected chi connectivity index (χ2v) is 4.85. The summed E-state index contributed by atoms with van der Waals surface area (Å²) in [5, 5.41) is 0. The monoisotopic (exact) mass is 251 g/mol. The topological polar surface area (TPSA) is 51.4 Å². The molecule has 4 nitrogen and oxygen atoms in total. The van der Waals surface area contributed by atoms with E-state index in [1.807, 2.05) is 12.6 Å². The first-order valence-electron chi connectivity index (χ1n) is 5.55. The molecule has 2 rings (SSSR count). The van der Waals surface area contributed by atoms with Crippen LogP contribution in [0.5, 0.6) is 0 Å². The van der Waals surface area contributed by atoms with Crippen LogP contribution in [0, 0.1) is 0 Å². The van der Waals surface area contributed by atoms with Crippen LogP contribution >= 0.6 is 11.3 Å². The van der Waals surface area contributed by atoms with Crippen LogP contribution in [-0.2, 0) is 4.74 Å². The van der Waals surface area contributed by atoms with Crippen molar-refractivity contribution in [1.82, 2.24) is 4.98 Å². The highest BCUT2D eigenvalue weighted by Crippen LogP contribution is 2.31. The zero-order valence-corrected chi connectivity index (χ0v) is 11.0. The van der Waals surface area contributed by atoms with E-state index in [2.05, 4.69) is 22.0 Å². The number of anilines is 2. The number of hydrogen-bond acceptors (Lipinski definition) is 5. The second-order valence-electron chi connectivity index (χ2n) is 3.97. The van der Waals surface area contributed by atoms with Gasteiger partial charge < -0.3 is 15.4 Å². The molecule has 0 aliphatic carbocycles. The lowest BCUT2D eigenvalue weighted by atomic mass is 10.2. The molecular weight excluding hydrogens is 234 g/mol. The summed E-state index contributed by atoms with van der Waals surface area (Å²) in [5.41, 5.74) is 10.7. The average Bonchev–Trinajstić information content (AvgIpc) is 2.78. The maximum Gasteiger partial charge on any atom is 0.106 e. The Kier molecular flexibility index (Phi) is 3.81. The van der Waals surface area contributed by atoms with Crippen molar-refractivity contribution in [2.45, 2.75) is 6.42 Å². The Morgan fingerprint density at radius 3 is 3.06 bits per heavy atom. The predicted molar refractivity (Wildman–Crippen MR) is 73.8 cm³/mol. The lowest BCUT2D eigenvalue weighted by molar-refractivity contribution is 0.196. The number of nitrogen functional groups attached to an aromatic ring is 1. The maximum atomic E-state index is 6.14. The first-order valence-corrected chi connectivity index (χ1v) is 6.43. The van der Waals surface area contributed by atoms with E-state index in [0.29, 0.717) is 0 Å². The van der Waals surface area contributed by atoms with Crippen molar-refractivity contribution in [2.24, 2.45) is 0 Å². The third-order valence-electron chi connectivity index (χ3n) is 2.77. The molecule has 0 aliphatic heterocycles. The number of thiazole rings is 1. The van der Waals surface area contributed by atoms with Gasteiger partial charge in [0.05, 0.1) is 21.6 Å². The van der Waals surface area contributed by atoms with Crippen LogP contribution in [0.25, 0.3) is 10.2 Å². The fourth-order valence-corrected chi connectivity index (χ4v) is 2.53. The van der Waals surface area contributed by atoms with Gasteiger partial charge in [-0.05, 0) is 18.6 Å². The molecule has 5 heteroatoms. The summed E-state index contributed by atoms with van der Waals surface area (Å²) in [4.78, 5) is 6.45. The molecule has 1 aromatic carbocycles. The summed E-state index contributed by atoms with van der Waals surface area (Å²) in [7, 11) is 3.76. The van der Waals surface area contributed by atoms with Crippen LogP contribution in [0.3, 0.4) is 0 Å². The minimum atomic E-state index is 0.767. The lowest BCUT2D eigenvalue weighted by Crippen LogP contribution is -2.20. The highest BCUT2D eigenvalue weighted by Gasteiger charge is 2.10. The Bertz CT molecular complexity index is 497. The summed E-state index contributed by atoms with van der Waals surface area (Å²) in [6.07, 6.45) is 0.988. The number of nitrogens with zero attached hydrogens (tertiary/aromatic N) is 2. The van der Waals surface area contributed by atoms with E-state index in [1.165, 1.54) is 0 Å². The Morgan fingerprint density at radius 2 is 2.29 bits per heavy atom. The molecule has 1 heterocycles. The van der Waals surface area contributed by atoms with Crippen LogP contribution in [0.2, 0.25) is 0 Å². The van der Waals surface area contributed by atoms with E-state index >= 15 is 0 Å². The molecule has 1 aromatic heterocycles. The standard InChI is InChI=1S/C12H17N3OS/c1-15(6-3-7-16-2)9-4-5-10-12(11(9)13)14-8-17-10/h4-5,8H,3,6-7,13H2,1-2H3.